The van der Waals surface area contributed by atoms with E-state index in [4.69, 9.17) is 5.73 Å². The minimum absolute atomic E-state index is 0.0522. The Kier molecular flexibility index (Phi) is 6.45. The van der Waals surface area contributed by atoms with Crippen molar-refractivity contribution in [1.82, 2.24) is 4.90 Å². The summed E-state index contributed by atoms with van der Waals surface area (Å²) >= 11 is 0. The van der Waals surface area contributed by atoms with Crippen LogP contribution in [0.4, 0.5) is 0 Å². The van der Waals surface area contributed by atoms with Crippen molar-refractivity contribution >= 4 is 5.91 Å². The molecule has 4 heteroatoms. The van der Waals surface area contributed by atoms with Crippen molar-refractivity contribution in [1.29, 1.82) is 5.26 Å². The summed E-state index contributed by atoms with van der Waals surface area (Å²) in [4.78, 5) is 14.1. The Bertz CT molecular complexity index is 732. The highest BCUT2D eigenvalue weighted by Crippen LogP contribution is 2.41. The lowest BCUT2D eigenvalue weighted by molar-refractivity contribution is 0.0995. The van der Waals surface area contributed by atoms with Gasteiger partial charge in [-0.2, -0.15) is 5.26 Å². The average molecular weight is 382 g/mol. The minimum Gasteiger partial charge on any atom is -0.366 e. The summed E-state index contributed by atoms with van der Waals surface area (Å²) in [7, 11) is 0. The zero-order valence-corrected chi connectivity index (χ0v) is 17.5. The number of nitriles is 1. The van der Waals surface area contributed by atoms with Gasteiger partial charge in [-0.25, -0.2) is 0 Å². The summed E-state index contributed by atoms with van der Waals surface area (Å²) < 4.78 is 0. The molecule has 0 spiro atoms. The van der Waals surface area contributed by atoms with E-state index in [2.05, 4.69) is 30.9 Å². The average Bonchev–Trinajstić information content (AvgIpc) is 2.71. The monoisotopic (exact) mass is 381 g/mol. The zero-order valence-electron chi connectivity index (χ0n) is 17.5. The topological polar surface area (TPSA) is 70.1 Å². The number of carbonyl (C=O) groups excluding carboxylic acids is 1. The van der Waals surface area contributed by atoms with E-state index in [1.807, 2.05) is 12.1 Å². The molecule has 152 valence electrons. The van der Waals surface area contributed by atoms with Gasteiger partial charge in [0, 0.05) is 12.1 Å². The van der Waals surface area contributed by atoms with Crippen LogP contribution in [0.5, 0.6) is 0 Å². The van der Waals surface area contributed by atoms with Crippen LogP contribution in [0, 0.1) is 22.7 Å². The second-order valence-electron chi connectivity index (χ2n) is 9.37. The van der Waals surface area contributed by atoms with Crippen LogP contribution in [0.1, 0.15) is 81.1 Å². The van der Waals surface area contributed by atoms with Crippen molar-refractivity contribution in [2.45, 2.75) is 70.6 Å². The molecule has 3 rings (SSSR count). The number of primary amides is 1. The van der Waals surface area contributed by atoms with Crippen molar-refractivity contribution < 1.29 is 4.79 Å². The number of hydrogen-bond acceptors (Lipinski definition) is 3. The smallest absolute Gasteiger partial charge is 0.248 e. The van der Waals surface area contributed by atoms with E-state index in [9.17, 15) is 10.1 Å². The summed E-state index contributed by atoms with van der Waals surface area (Å²) in [6.07, 6.45) is 9.17. The Morgan fingerprint density at radius 2 is 2.04 bits per heavy atom. The number of hydrogen-bond donors (Lipinski definition) is 1. The highest BCUT2D eigenvalue weighted by molar-refractivity contribution is 5.92. The molecule has 2 atom stereocenters. The van der Waals surface area contributed by atoms with Gasteiger partial charge in [0.05, 0.1) is 11.5 Å². The molecule has 2 unspecified atom stereocenters. The van der Waals surface area contributed by atoms with Gasteiger partial charge in [-0.15, -0.1) is 0 Å². The van der Waals surface area contributed by atoms with Crippen LogP contribution in [-0.2, 0) is 5.41 Å². The summed E-state index contributed by atoms with van der Waals surface area (Å²) in [5.41, 5.74) is 7.32. The Balaban J connectivity index is 1.57. The lowest BCUT2D eigenvalue weighted by atomic mass is 9.67. The second kappa shape index (κ2) is 8.66. The predicted molar refractivity (Wildman–Crippen MR) is 113 cm³/mol. The fraction of sp³-hybridized carbons (Fsp3) is 0.667. The first-order valence-corrected chi connectivity index (χ1v) is 10.9. The molecule has 4 nitrogen and oxygen atoms in total. The number of nitrogens with zero attached hydrogens (tertiary/aromatic N) is 2. The van der Waals surface area contributed by atoms with Gasteiger partial charge in [-0.05, 0) is 74.2 Å². The normalized spacial score (nSPS) is 27.8. The van der Waals surface area contributed by atoms with E-state index in [-0.39, 0.29) is 16.7 Å². The second-order valence-corrected chi connectivity index (χ2v) is 9.37. The third kappa shape index (κ3) is 4.41. The van der Waals surface area contributed by atoms with E-state index in [1.165, 1.54) is 24.8 Å². The van der Waals surface area contributed by atoms with Crippen LogP contribution in [0.3, 0.4) is 0 Å². The lowest BCUT2D eigenvalue weighted by Crippen LogP contribution is -2.47. The quantitative estimate of drug-likeness (QED) is 0.780. The summed E-state index contributed by atoms with van der Waals surface area (Å²) in [5.74, 6) is 0.147. The third-order valence-corrected chi connectivity index (χ3v) is 7.55. The molecule has 0 bridgehead atoms. The maximum atomic E-state index is 11.6. The maximum Gasteiger partial charge on any atom is 0.248 e. The molecular formula is C24H35N3O. The number of rotatable bonds is 6. The Morgan fingerprint density at radius 3 is 2.68 bits per heavy atom. The first kappa shape index (κ1) is 20.9. The van der Waals surface area contributed by atoms with Gasteiger partial charge < -0.3 is 10.6 Å². The van der Waals surface area contributed by atoms with Crippen LogP contribution in [0.25, 0.3) is 0 Å². The van der Waals surface area contributed by atoms with Crippen LogP contribution in [0.15, 0.2) is 24.3 Å². The summed E-state index contributed by atoms with van der Waals surface area (Å²) in [6, 6.07) is 10.5. The molecule has 2 fully saturated rings. The molecule has 1 aliphatic carbocycles. The molecule has 1 saturated heterocycles. The molecule has 1 amide bonds. The predicted octanol–water partition coefficient (Wildman–Crippen LogP) is 4.64. The van der Waals surface area contributed by atoms with Gasteiger partial charge in [0.25, 0.3) is 0 Å². The molecule has 1 heterocycles. The van der Waals surface area contributed by atoms with E-state index in [0.29, 0.717) is 11.5 Å². The first-order valence-electron chi connectivity index (χ1n) is 10.9. The molecule has 1 aromatic carbocycles. The van der Waals surface area contributed by atoms with Gasteiger partial charge in [-0.3, -0.25) is 4.79 Å². The molecule has 1 aromatic rings. The minimum atomic E-state index is -0.357. The van der Waals surface area contributed by atoms with E-state index in [1.54, 1.807) is 6.07 Å². The molecule has 0 aromatic heterocycles. The number of benzene rings is 1. The van der Waals surface area contributed by atoms with Gasteiger partial charge in [0.15, 0.2) is 0 Å². The van der Waals surface area contributed by atoms with Gasteiger partial charge in [-0.1, -0.05) is 45.2 Å². The Morgan fingerprint density at radius 1 is 1.29 bits per heavy atom. The Hall–Kier alpha value is -1.86. The summed E-state index contributed by atoms with van der Waals surface area (Å²) in [5, 5.41) is 9.68. The number of amides is 1. The fourth-order valence-corrected chi connectivity index (χ4v) is 5.26. The SMILES string of the molecule is CC1CN(CCCC2(C#N)CCCCC2)CCC1(C)c1cccc(C(N)=O)c1. The lowest BCUT2D eigenvalue weighted by Gasteiger charge is -2.45. The maximum absolute atomic E-state index is 11.6. The Labute approximate surface area is 170 Å². The molecule has 28 heavy (non-hydrogen) atoms. The van der Waals surface area contributed by atoms with E-state index < -0.39 is 0 Å². The first-order chi connectivity index (χ1) is 13.4. The van der Waals surface area contributed by atoms with E-state index in [0.717, 1.165) is 51.7 Å². The highest BCUT2D eigenvalue weighted by Gasteiger charge is 2.38. The van der Waals surface area contributed by atoms with Gasteiger partial charge in [0.2, 0.25) is 5.91 Å². The van der Waals surface area contributed by atoms with Crippen molar-refractivity contribution in [3.05, 3.63) is 35.4 Å². The van der Waals surface area contributed by atoms with Crippen LogP contribution >= 0.6 is 0 Å². The molecule has 1 saturated carbocycles. The number of carbonyl (C=O) groups is 1. The van der Waals surface area contributed by atoms with Crippen molar-refractivity contribution in [2.24, 2.45) is 17.1 Å². The van der Waals surface area contributed by atoms with Crippen LogP contribution in [-0.4, -0.2) is 30.4 Å². The largest absolute Gasteiger partial charge is 0.366 e. The summed E-state index contributed by atoms with van der Waals surface area (Å²) in [6.45, 7) is 7.87. The molecule has 2 aliphatic rings. The number of nitrogens with two attached hydrogens (primary N) is 1. The third-order valence-electron chi connectivity index (χ3n) is 7.55. The van der Waals surface area contributed by atoms with Crippen LogP contribution in [0.2, 0.25) is 0 Å². The zero-order chi connectivity index (χ0) is 20.2. The fourth-order valence-electron chi connectivity index (χ4n) is 5.26. The number of likely N-dealkylation sites (tertiary alicyclic amines) is 1. The van der Waals surface area contributed by atoms with Crippen molar-refractivity contribution in [2.75, 3.05) is 19.6 Å². The van der Waals surface area contributed by atoms with Crippen molar-refractivity contribution in [3.63, 3.8) is 0 Å². The van der Waals surface area contributed by atoms with Crippen LogP contribution < -0.4 is 5.73 Å². The van der Waals surface area contributed by atoms with Crippen molar-refractivity contribution in [3.8, 4) is 6.07 Å². The van der Waals surface area contributed by atoms with Gasteiger partial charge >= 0.3 is 0 Å². The highest BCUT2D eigenvalue weighted by atomic mass is 16.1. The molecule has 0 radical (unpaired) electrons. The standard InChI is InChI=1S/C24H35N3O/c1-19-17-27(14-7-12-24(18-25)10-4-3-5-11-24)15-13-23(19,2)21-9-6-8-20(16-21)22(26)28/h6,8-9,16,19H,3-5,7,10-15,17H2,1-2H3,(H2,26,28). The van der Waals surface area contributed by atoms with E-state index >= 15 is 0 Å². The van der Waals surface area contributed by atoms with Gasteiger partial charge in [0.1, 0.15) is 0 Å². The molecule has 1 aliphatic heterocycles. The molecule has 2 N–H and O–H groups in total. The number of piperidine rings is 1. The molecular weight excluding hydrogens is 346 g/mol.